The summed E-state index contributed by atoms with van der Waals surface area (Å²) in [5.41, 5.74) is 0. The van der Waals surface area contributed by atoms with E-state index in [1.165, 1.54) is 59.2 Å². The van der Waals surface area contributed by atoms with Crippen LogP contribution >= 0.6 is 9.69 Å². The van der Waals surface area contributed by atoms with E-state index in [9.17, 15) is 0 Å². The third-order valence-electron chi connectivity index (χ3n) is 5.62. The van der Waals surface area contributed by atoms with Gasteiger partial charge in [0.1, 0.15) is 0 Å². The van der Waals surface area contributed by atoms with Crippen molar-refractivity contribution in [3.63, 3.8) is 0 Å². The maximum atomic E-state index is 4.53. The number of rotatable bonds is 0. The molecule has 0 unspecified atom stereocenters. The van der Waals surface area contributed by atoms with E-state index in [-0.39, 0.29) is 0 Å². The molecule has 2 rings (SSSR count). The predicted octanol–water partition coefficient (Wildman–Crippen LogP) is 6.63. The third-order valence-corrected chi connectivity index (χ3v) is 5.62. The van der Waals surface area contributed by atoms with Crippen molar-refractivity contribution in [2.75, 3.05) is 0 Å². The van der Waals surface area contributed by atoms with Crippen molar-refractivity contribution in [1.82, 2.24) is 0 Å². The summed E-state index contributed by atoms with van der Waals surface area (Å²) in [5.74, 6) is 14.7. The number of hydrogen-bond acceptors (Lipinski definition) is 0. The van der Waals surface area contributed by atoms with Crippen LogP contribution in [0.25, 0.3) is 0 Å². The Balaban J connectivity index is 0.000000360. The average molecular weight is 409 g/mol. The standard InChI is InChI=1S/2C10H15.ClH.Rh/c2*1-6-7(2)9(4)10(5)8(6)3;;/h2*1-5H3;1H;/q;;;+3/p-1. The van der Waals surface area contributed by atoms with Crippen LogP contribution in [0.5, 0.6) is 0 Å². The van der Waals surface area contributed by atoms with Crippen molar-refractivity contribution in [3.05, 3.63) is 59.2 Å². The van der Waals surface area contributed by atoms with Gasteiger partial charge in [0, 0.05) is 0 Å². The normalized spacial score (nSPS) is 26.2. The van der Waals surface area contributed by atoms with Crippen LogP contribution in [0, 0.1) is 59.2 Å². The van der Waals surface area contributed by atoms with Crippen LogP contribution < -0.4 is 0 Å². The first-order chi connectivity index (χ1) is 10.1. The van der Waals surface area contributed by atoms with E-state index in [0.717, 1.165) is 0 Å². The Morgan fingerprint density at radius 3 is 0.409 bits per heavy atom. The molecule has 2 aliphatic carbocycles. The second-order valence-electron chi connectivity index (χ2n) is 6.25. The molecule has 0 amide bonds. The molecular formula is C20H30ClRh+2. The van der Waals surface area contributed by atoms with E-state index >= 15 is 0 Å². The van der Waals surface area contributed by atoms with Crippen molar-refractivity contribution in [2.24, 2.45) is 0 Å². The van der Waals surface area contributed by atoms with Gasteiger partial charge in [-0.3, -0.25) is 0 Å². The Morgan fingerprint density at radius 1 is 0.318 bits per heavy atom. The van der Waals surface area contributed by atoms with Gasteiger partial charge in [0.2, 0.25) is 0 Å². The van der Waals surface area contributed by atoms with E-state index in [2.05, 4.69) is 78.9 Å². The van der Waals surface area contributed by atoms with Gasteiger partial charge in [-0.15, -0.1) is 0 Å². The van der Waals surface area contributed by atoms with E-state index in [4.69, 9.17) is 0 Å². The Hall–Kier alpha value is 0.913. The van der Waals surface area contributed by atoms with E-state index in [1.807, 2.05) is 17.3 Å². The molecule has 0 aliphatic heterocycles. The average Bonchev–Trinajstić information content (AvgIpc) is 2.81. The Morgan fingerprint density at radius 2 is 0.364 bits per heavy atom. The van der Waals surface area contributed by atoms with Gasteiger partial charge in [-0.05, 0) is 59.2 Å². The first-order valence-electron chi connectivity index (χ1n) is 7.63. The van der Waals surface area contributed by atoms with Gasteiger partial charge in [-0.25, -0.2) is 0 Å². The molecule has 0 nitrogen and oxygen atoms in total. The van der Waals surface area contributed by atoms with Gasteiger partial charge in [-0.1, -0.05) is 69.2 Å². The second kappa shape index (κ2) is 10.0. The Labute approximate surface area is 155 Å². The van der Waals surface area contributed by atoms with Gasteiger partial charge in [0.05, 0.1) is 0 Å². The molecule has 0 saturated heterocycles. The fourth-order valence-corrected chi connectivity index (χ4v) is 2.81. The van der Waals surface area contributed by atoms with Crippen LogP contribution in [0.15, 0.2) is 0 Å². The molecular weight excluding hydrogens is 379 g/mol. The number of hydrogen-bond donors (Lipinski definition) is 0. The zero-order chi connectivity index (χ0) is 17.8. The van der Waals surface area contributed by atoms with Crippen molar-refractivity contribution in [1.29, 1.82) is 0 Å². The predicted molar refractivity (Wildman–Crippen MR) is 95.0 cm³/mol. The molecule has 2 fully saturated rings. The van der Waals surface area contributed by atoms with Crippen molar-refractivity contribution in [2.45, 2.75) is 69.2 Å². The summed E-state index contributed by atoms with van der Waals surface area (Å²) in [6.07, 6.45) is 0. The van der Waals surface area contributed by atoms with Crippen molar-refractivity contribution < 1.29 is 17.3 Å². The van der Waals surface area contributed by atoms with Crippen molar-refractivity contribution >= 4 is 9.69 Å². The van der Waals surface area contributed by atoms with Gasteiger partial charge in [-0.2, -0.15) is 0 Å². The zero-order valence-electron chi connectivity index (χ0n) is 15.7. The number of halogens is 1. The zero-order valence-corrected chi connectivity index (χ0v) is 18.1. The minimum absolute atomic E-state index is 1.47. The first-order valence-corrected chi connectivity index (χ1v) is 9.74. The van der Waals surface area contributed by atoms with Crippen LogP contribution in [-0.2, 0) is 17.3 Å². The Kier molecular flexibility index (Phi) is 10.4. The summed E-state index contributed by atoms with van der Waals surface area (Å²) in [4.78, 5) is 0. The van der Waals surface area contributed by atoms with Crippen LogP contribution in [-0.4, -0.2) is 0 Å². The van der Waals surface area contributed by atoms with Gasteiger partial charge in [0.25, 0.3) is 0 Å². The topological polar surface area (TPSA) is 0 Å². The molecule has 0 aromatic heterocycles. The van der Waals surface area contributed by atoms with Gasteiger partial charge >= 0.3 is 27.0 Å². The summed E-state index contributed by atoms with van der Waals surface area (Å²) in [7, 11) is 4.53. The fourth-order valence-electron chi connectivity index (χ4n) is 2.81. The van der Waals surface area contributed by atoms with Crippen LogP contribution in [0.4, 0.5) is 0 Å². The third kappa shape index (κ3) is 4.95. The molecule has 2 saturated carbocycles. The Bertz CT molecular complexity index is 186. The van der Waals surface area contributed by atoms with Crippen LogP contribution in [0.2, 0.25) is 0 Å². The molecule has 0 heterocycles. The molecule has 0 N–H and O–H groups in total. The van der Waals surface area contributed by atoms with Crippen LogP contribution in [0.3, 0.4) is 0 Å². The summed E-state index contributed by atoms with van der Waals surface area (Å²) in [6.45, 7) is 22.0. The maximum absolute atomic E-state index is 4.53. The molecule has 124 valence electrons. The van der Waals surface area contributed by atoms with E-state index in [0.29, 0.717) is 0 Å². The minimum atomic E-state index is 1.47. The monoisotopic (exact) mass is 408 g/mol. The molecule has 0 atom stereocenters. The van der Waals surface area contributed by atoms with E-state index in [1.54, 1.807) is 0 Å². The molecule has 2 heteroatoms. The summed E-state index contributed by atoms with van der Waals surface area (Å²) in [6, 6.07) is 0. The molecule has 0 spiro atoms. The van der Waals surface area contributed by atoms with Crippen LogP contribution in [0.1, 0.15) is 69.2 Å². The van der Waals surface area contributed by atoms with Gasteiger partial charge < -0.3 is 0 Å². The first kappa shape index (κ1) is 22.9. The summed E-state index contributed by atoms with van der Waals surface area (Å²) >= 11 is 2.02. The SMILES string of the molecule is C[C]1[C](C)[C](C)[C](C)[C]1C.C[C]1[C](C)[C](C)[C](C)[C]1C.[Cl][Rh+2]. The molecule has 0 aromatic rings. The van der Waals surface area contributed by atoms with Crippen molar-refractivity contribution in [3.8, 4) is 0 Å². The quantitative estimate of drug-likeness (QED) is 0.394. The molecule has 2 aliphatic rings. The summed E-state index contributed by atoms with van der Waals surface area (Å²) in [5, 5.41) is 0. The van der Waals surface area contributed by atoms with Gasteiger partial charge in [0.15, 0.2) is 0 Å². The molecule has 22 heavy (non-hydrogen) atoms. The fraction of sp³-hybridized carbons (Fsp3) is 0.500. The van der Waals surface area contributed by atoms with E-state index < -0.39 is 0 Å². The summed E-state index contributed by atoms with van der Waals surface area (Å²) < 4.78 is 0. The molecule has 10 radical (unpaired) electrons. The second-order valence-corrected chi connectivity index (χ2v) is 6.25. The molecule has 0 aromatic carbocycles. The molecule has 0 bridgehead atoms.